The van der Waals surface area contributed by atoms with Crippen molar-refractivity contribution in [2.75, 3.05) is 19.8 Å². The molecule has 8 heteroatoms. The lowest BCUT2D eigenvalue weighted by Gasteiger charge is -2.22. The van der Waals surface area contributed by atoms with Crippen LogP contribution in [0.15, 0.2) is 42.5 Å². The summed E-state index contributed by atoms with van der Waals surface area (Å²) < 4.78 is 9.64. The molecule has 140 valence electrons. The Hall–Kier alpha value is -3.16. The number of amides is 1. The van der Waals surface area contributed by atoms with Crippen LogP contribution in [0.2, 0.25) is 0 Å². The highest BCUT2D eigenvalue weighted by atomic mass is 16.5. The van der Waals surface area contributed by atoms with Gasteiger partial charge in [0.05, 0.1) is 13.0 Å². The van der Waals surface area contributed by atoms with Crippen molar-refractivity contribution in [3.05, 3.63) is 48.0 Å². The average Bonchev–Trinajstić information content (AvgIpc) is 2.60. The standard InChI is InChI=1S/C18H21NO7/c1-2-25-18(24)13-19(12-14-6-4-3-5-7-14)15(20)10-11-26-17(23)9-8-16(21)22/h3-9H,2,10-13H2,1H3,(H,21,22). The zero-order chi connectivity index (χ0) is 19.4. The van der Waals surface area contributed by atoms with Crippen LogP contribution in [0.4, 0.5) is 0 Å². The summed E-state index contributed by atoms with van der Waals surface area (Å²) in [6.45, 7) is 1.65. The molecule has 8 nitrogen and oxygen atoms in total. The van der Waals surface area contributed by atoms with Gasteiger partial charge in [-0.15, -0.1) is 0 Å². The van der Waals surface area contributed by atoms with E-state index >= 15 is 0 Å². The summed E-state index contributed by atoms with van der Waals surface area (Å²) in [6, 6.07) is 9.12. The number of ether oxygens (including phenoxy) is 2. The molecule has 0 spiro atoms. The molecule has 0 saturated heterocycles. The number of hydrogen-bond donors (Lipinski definition) is 1. The van der Waals surface area contributed by atoms with E-state index in [1.807, 2.05) is 30.3 Å². The van der Waals surface area contributed by atoms with Crippen LogP contribution in [0.3, 0.4) is 0 Å². The predicted molar refractivity (Wildman–Crippen MR) is 90.8 cm³/mol. The molecule has 0 aliphatic rings. The van der Waals surface area contributed by atoms with E-state index in [9.17, 15) is 19.2 Å². The van der Waals surface area contributed by atoms with Crippen molar-refractivity contribution in [1.82, 2.24) is 4.90 Å². The molecular formula is C18H21NO7. The Morgan fingerprint density at radius 2 is 1.77 bits per heavy atom. The van der Waals surface area contributed by atoms with Crippen molar-refractivity contribution in [3.63, 3.8) is 0 Å². The van der Waals surface area contributed by atoms with Crippen molar-refractivity contribution in [3.8, 4) is 0 Å². The molecule has 0 aliphatic heterocycles. The largest absolute Gasteiger partial charge is 0.478 e. The molecule has 0 radical (unpaired) electrons. The van der Waals surface area contributed by atoms with Crippen molar-refractivity contribution < 1.29 is 33.8 Å². The van der Waals surface area contributed by atoms with Crippen LogP contribution >= 0.6 is 0 Å². The lowest BCUT2D eigenvalue weighted by Crippen LogP contribution is -2.36. The first-order chi connectivity index (χ1) is 12.4. The Balaban J connectivity index is 2.61. The Morgan fingerprint density at radius 1 is 1.08 bits per heavy atom. The molecule has 1 aromatic rings. The van der Waals surface area contributed by atoms with E-state index in [2.05, 4.69) is 0 Å². The van der Waals surface area contributed by atoms with Gasteiger partial charge in [-0.05, 0) is 12.5 Å². The SMILES string of the molecule is CCOC(=O)CN(Cc1ccccc1)C(=O)CCOC(=O)C=CC(=O)O. The summed E-state index contributed by atoms with van der Waals surface area (Å²) in [5, 5.41) is 8.42. The highest BCUT2D eigenvalue weighted by molar-refractivity contribution is 5.90. The van der Waals surface area contributed by atoms with Gasteiger partial charge in [-0.25, -0.2) is 9.59 Å². The Bertz CT molecular complexity index is 655. The third kappa shape index (κ3) is 8.62. The fourth-order valence-corrected chi connectivity index (χ4v) is 1.98. The van der Waals surface area contributed by atoms with Crippen LogP contribution < -0.4 is 0 Å². The third-order valence-electron chi connectivity index (χ3n) is 3.12. The maximum atomic E-state index is 12.3. The molecular weight excluding hydrogens is 342 g/mol. The molecule has 0 fully saturated rings. The van der Waals surface area contributed by atoms with Gasteiger partial charge in [0.25, 0.3) is 0 Å². The molecule has 1 amide bonds. The lowest BCUT2D eigenvalue weighted by molar-refractivity contribution is -0.150. The summed E-state index contributed by atoms with van der Waals surface area (Å²) in [5.74, 6) is -3.06. The maximum Gasteiger partial charge on any atom is 0.331 e. The number of esters is 2. The van der Waals surface area contributed by atoms with Gasteiger partial charge in [0.15, 0.2) is 0 Å². The molecule has 0 aromatic heterocycles. The smallest absolute Gasteiger partial charge is 0.331 e. The number of aliphatic carboxylic acids is 1. The lowest BCUT2D eigenvalue weighted by atomic mass is 10.2. The third-order valence-corrected chi connectivity index (χ3v) is 3.12. The highest BCUT2D eigenvalue weighted by Gasteiger charge is 2.18. The number of hydrogen-bond acceptors (Lipinski definition) is 6. The molecule has 26 heavy (non-hydrogen) atoms. The predicted octanol–water partition coefficient (Wildman–Crippen LogP) is 1.15. The van der Waals surface area contributed by atoms with E-state index in [0.29, 0.717) is 6.08 Å². The molecule has 1 aromatic carbocycles. The van der Waals surface area contributed by atoms with Crippen molar-refractivity contribution in [2.45, 2.75) is 19.9 Å². The number of benzene rings is 1. The van der Waals surface area contributed by atoms with Gasteiger partial charge < -0.3 is 19.5 Å². The van der Waals surface area contributed by atoms with E-state index < -0.39 is 23.8 Å². The first kappa shape index (κ1) is 20.9. The number of rotatable bonds is 10. The topological polar surface area (TPSA) is 110 Å². The van der Waals surface area contributed by atoms with E-state index in [1.165, 1.54) is 4.90 Å². The first-order valence-corrected chi connectivity index (χ1v) is 7.97. The number of carboxylic acid groups (broad SMARTS) is 1. The average molecular weight is 363 g/mol. The molecule has 0 aliphatic carbocycles. The summed E-state index contributed by atoms with van der Waals surface area (Å²) in [7, 11) is 0. The summed E-state index contributed by atoms with van der Waals surface area (Å²) in [6.07, 6.45) is 1.26. The number of carbonyl (C=O) groups excluding carboxylic acids is 3. The minimum Gasteiger partial charge on any atom is -0.478 e. The summed E-state index contributed by atoms with van der Waals surface area (Å²) >= 11 is 0. The Morgan fingerprint density at radius 3 is 2.38 bits per heavy atom. The molecule has 1 N–H and O–H groups in total. The Kier molecular flexibility index (Phi) is 9.16. The first-order valence-electron chi connectivity index (χ1n) is 7.97. The van der Waals surface area contributed by atoms with E-state index in [1.54, 1.807) is 6.92 Å². The van der Waals surface area contributed by atoms with Crippen LogP contribution in [-0.4, -0.2) is 53.6 Å². The highest BCUT2D eigenvalue weighted by Crippen LogP contribution is 2.07. The molecule has 0 atom stereocenters. The quantitative estimate of drug-likeness (QED) is 0.490. The van der Waals surface area contributed by atoms with Gasteiger partial charge in [0.2, 0.25) is 5.91 Å². The molecule has 0 heterocycles. The zero-order valence-corrected chi connectivity index (χ0v) is 14.4. The van der Waals surface area contributed by atoms with Gasteiger partial charge in [-0.2, -0.15) is 0 Å². The summed E-state index contributed by atoms with van der Waals surface area (Å²) in [4.78, 5) is 47.0. The van der Waals surface area contributed by atoms with Crippen molar-refractivity contribution >= 4 is 23.8 Å². The fourth-order valence-electron chi connectivity index (χ4n) is 1.98. The Labute approximate surface area is 151 Å². The molecule has 0 bridgehead atoms. The van der Waals surface area contributed by atoms with Gasteiger partial charge in [-0.3, -0.25) is 9.59 Å². The van der Waals surface area contributed by atoms with E-state index in [4.69, 9.17) is 14.6 Å². The van der Waals surface area contributed by atoms with Gasteiger partial charge >= 0.3 is 17.9 Å². The van der Waals surface area contributed by atoms with Crippen LogP contribution in [0.1, 0.15) is 18.9 Å². The minimum absolute atomic E-state index is 0.140. The van der Waals surface area contributed by atoms with Gasteiger partial charge in [0, 0.05) is 18.7 Å². The fraction of sp³-hybridized carbons (Fsp3) is 0.333. The summed E-state index contributed by atoms with van der Waals surface area (Å²) in [5.41, 5.74) is 0.839. The second-order valence-electron chi connectivity index (χ2n) is 5.13. The van der Waals surface area contributed by atoms with Gasteiger partial charge in [0.1, 0.15) is 13.2 Å². The second-order valence-corrected chi connectivity index (χ2v) is 5.13. The number of carboxylic acids is 1. The van der Waals surface area contributed by atoms with Crippen molar-refractivity contribution in [2.24, 2.45) is 0 Å². The number of carbonyl (C=O) groups is 4. The molecule has 0 saturated carbocycles. The normalized spacial score (nSPS) is 10.3. The van der Waals surface area contributed by atoms with Crippen LogP contribution in [-0.2, 0) is 35.2 Å². The van der Waals surface area contributed by atoms with Crippen LogP contribution in [0.25, 0.3) is 0 Å². The second kappa shape index (κ2) is 11.4. The zero-order valence-electron chi connectivity index (χ0n) is 14.4. The van der Waals surface area contributed by atoms with Gasteiger partial charge in [-0.1, -0.05) is 30.3 Å². The maximum absolute atomic E-state index is 12.3. The van der Waals surface area contributed by atoms with Crippen LogP contribution in [0.5, 0.6) is 0 Å². The number of nitrogens with zero attached hydrogens (tertiary/aromatic N) is 1. The van der Waals surface area contributed by atoms with Crippen LogP contribution in [0, 0.1) is 0 Å². The van der Waals surface area contributed by atoms with E-state index in [-0.39, 0.29) is 32.7 Å². The van der Waals surface area contributed by atoms with Crippen molar-refractivity contribution in [1.29, 1.82) is 0 Å². The minimum atomic E-state index is -1.28. The molecule has 1 rings (SSSR count). The van der Waals surface area contributed by atoms with E-state index in [0.717, 1.165) is 11.6 Å². The monoisotopic (exact) mass is 363 g/mol. The molecule has 0 unspecified atom stereocenters.